The van der Waals surface area contributed by atoms with Crippen LogP contribution in [0.4, 0.5) is 0 Å². The van der Waals surface area contributed by atoms with Crippen molar-refractivity contribution in [1.29, 1.82) is 5.26 Å². The summed E-state index contributed by atoms with van der Waals surface area (Å²) in [7, 11) is 0. The number of pyridine rings is 1. The lowest BCUT2D eigenvalue weighted by Crippen LogP contribution is -2.13. The molecule has 3 nitrogen and oxygen atoms in total. The molecule has 2 rings (SSSR count). The van der Waals surface area contributed by atoms with Gasteiger partial charge in [0.05, 0.1) is 0 Å². The van der Waals surface area contributed by atoms with Gasteiger partial charge >= 0.3 is 0 Å². The second-order valence-corrected chi connectivity index (χ2v) is 5.03. The van der Waals surface area contributed by atoms with E-state index in [1.165, 1.54) is 0 Å². The zero-order chi connectivity index (χ0) is 14.0. The summed E-state index contributed by atoms with van der Waals surface area (Å²) in [6.45, 7) is 4.04. The average molecular weight is 273 g/mol. The Labute approximate surface area is 116 Å². The van der Waals surface area contributed by atoms with Gasteiger partial charge in [0, 0.05) is 16.8 Å². The minimum absolute atomic E-state index is 0.147. The molecule has 1 N–H and O–H groups in total. The number of H-pyrrole nitrogens is 1. The highest BCUT2D eigenvalue weighted by Gasteiger charge is 2.16. The van der Waals surface area contributed by atoms with Crippen LogP contribution >= 0.6 is 11.6 Å². The molecule has 1 aromatic heterocycles. The summed E-state index contributed by atoms with van der Waals surface area (Å²) in [5.74, 6) is 0.203. The first-order valence-electron chi connectivity index (χ1n) is 5.96. The Hall–Kier alpha value is -2.05. The lowest BCUT2D eigenvalue weighted by molar-refractivity contribution is 0.857. The second-order valence-electron chi connectivity index (χ2n) is 4.60. The average Bonchev–Trinajstić information content (AvgIpc) is 2.39. The molecule has 0 fully saturated rings. The van der Waals surface area contributed by atoms with Gasteiger partial charge < -0.3 is 4.98 Å². The summed E-state index contributed by atoms with van der Waals surface area (Å²) in [4.78, 5) is 14.4. The van der Waals surface area contributed by atoms with E-state index in [4.69, 9.17) is 11.6 Å². The van der Waals surface area contributed by atoms with Crippen LogP contribution in [0, 0.1) is 11.3 Å². The van der Waals surface area contributed by atoms with Gasteiger partial charge in [-0.25, -0.2) is 0 Å². The van der Waals surface area contributed by atoms with Crippen molar-refractivity contribution < 1.29 is 0 Å². The Bertz CT molecular complexity index is 694. The third-order valence-corrected chi connectivity index (χ3v) is 3.24. The predicted molar refractivity (Wildman–Crippen MR) is 76.3 cm³/mol. The first kappa shape index (κ1) is 13.4. The van der Waals surface area contributed by atoms with Gasteiger partial charge in [-0.2, -0.15) is 5.26 Å². The van der Waals surface area contributed by atoms with Crippen LogP contribution in [0.5, 0.6) is 0 Å². The summed E-state index contributed by atoms with van der Waals surface area (Å²) in [5, 5.41) is 9.85. The molecule has 0 atom stereocenters. The number of halogens is 1. The van der Waals surface area contributed by atoms with E-state index in [0.29, 0.717) is 10.6 Å². The molecule has 96 valence electrons. The van der Waals surface area contributed by atoms with E-state index in [-0.39, 0.29) is 17.0 Å². The van der Waals surface area contributed by atoms with Gasteiger partial charge in [-0.15, -0.1) is 0 Å². The van der Waals surface area contributed by atoms with Crippen molar-refractivity contribution in [3.8, 4) is 17.2 Å². The number of rotatable bonds is 2. The number of hydrogen-bond acceptors (Lipinski definition) is 2. The lowest BCUT2D eigenvalue weighted by atomic mass is 9.91. The topological polar surface area (TPSA) is 56.6 Å². The van der Waals surface area contributed by atoms with Crippen LogP contribution in [0.15, 0.2) is 35.3 Å². The highest BCUT2D eigenvalue weighted by Crippen LogP contribution is 2.30. The van der Waals surface area contributed by atoms with Crippen molar-refractivity contribution in [1.82, 2.24) is 4.98 Å². The summed E-state index contributed by atoms with van der Waals surface area (Å²) < 4.78 is 0. The summed E-state index contributed by atoms with van der Waals surface area (Å²) in [6.07, 6.45) is 1.68. The van der Waals surface area contributed by atoms with Crippen molar-refractivity contribution in [2.75, 3.05) is 0 Å². The largest absolute Gasteiger partial charge is 0.328 e. The zero-order valence-corrected chi connectivity index (χ0v) is 11.5. The SMILES string of the molecule is CC(C)c1c[nH]c(=O)c(C#N)c1-c1ccc(Cl)cc1. The third kappa shape index (κ3) is 2.54. The first-order valence-corrected chi connectivity index (χ1v) is 6.34. The minimum Gasteiger partial charge on any atom is -0.328 e. The van der Waals surface area contributed by atoms with E-state index in [0.717, 1.165) is 11.1 Å². The molecule has 0 amide bonds. The minimum atomic E-state index is -0.364. The van der Waals surface area contributed by atoms with E-state index in [1.807, 2.05) is 32.0 Å². The first-order chi connectivity index (χ1) is 9.04. The van der Waals surface area contributed by atoms with Gasteiger partial charge in [0.1, 0.15) is 11.6 Å². The Morgan fingerprint density at radius 2 is 1.89 bits per heavy atom. The van der Waals surface area contributed by atoms with Crippen LogP contribution in [0.25, 0.3) is 11.1 Å². The number of nitrogens with one attached hydrogen (secondary N) is 1. The van der Waals surface area contributed by atoms with Gasteiger partial charge in [-0.05, 0) is 29.2 Å². The molecule has 1 heterocycles. The molecule has 0 saturated carbocycles. The van der Waals surface area contributed by atoms with Crippen molar-refractivity contribution in [3.63, 3.8) is 0 Å². The van der Waals surface area contributed by atoms with Crippen molar-refractivity contribution in [2.24, 2.45) is 0 Å². The van der Waals surface area contributed by atoms with Crippen LogP contribution in [0.1, 0.15) is 30.9 Å². The zero-order valence-electron chi connectivity index (χ0n) is 10.7. The van der Waals surface area contributed by atoms with Crippen LogP contribution in [0.3, 0.4) is 0 Å². The monoisotopic (exact) mass is 272 g/mol. The van der Waals surface area contributed by atoms with Gasteiger partial charge in [0.2, 0.25) is 0 Å². The molecule has 0 spiro atoms. The Morgan fingerprint density at radius 1 is 1.26 bits per heavy atom. The van der Waals surface area contributed by atoms with Crippen molar-refractivity contribution in [3.05, 3.63) is 57.0 Å². The molecular formula is C15H13ClN2O. The maximum absolute atomic E-state index is 11.8. The number of aromatic amines is 1. The number of benzene rings is 1. The molecule has 0 bridgehead atoms. The van der Waals surface area contributed by atoms with E-state index in [1.54, 1.807) is 18.3 Å². The normalized spacial score (nSPS) is 10.5. The predicted octanol–water partition coefficient (Wildman–Crippen LogP) is 3.69. The van der Waals surface area contributed by atoms with Crippen LogP contribution in [-0.2, 0) is 0 Å². The van der Waals surface area contributed by atoms with Crippen molar-refractivity contribution >= 4 is 11.6 Å². The smallest absolute Gasteiger partial charge is 0.266 e. The van der Waals surface area contributed by atoms with Gasteiger partial charge in [0.25, 0.3) is 5.56 Å². The molecule has 0 saturated heterocycles. The number of nitrogens with zero attached hydrogens (tertiary/aromatic N) is 1. The third-order valence-electron chi connectivity index (χ3n) is 2.99. The Morgan fingerprint density at radius 3 is 2.42 bits per heavy atom. The van der Waals surface area contributed by atoms with Gasteiger partial charge in [-0.1, -0.05) is 37.6 Å². The molecule has 0 radical (unpaired) electrons. The molecule has 0 unspecified atom stereocenters. The van der Waals surface area contributed by atoms with Crippen LogP contribution in [-0.4, -0.2) is 4.98 Å². The summed E-state index contributed by atoms with van der Waals surface area (Å²) in [6, 6.07) is 9.15. The Balaban J connectivity index is 2.79. The Kier molecular flexibility index (Phi) is 3.73. The molecule has 4 heteroatoms. The van der Waals surface area contributed by atoms with Gasteiger partial charge in [0.15, 0.2) is 0 Å². The molecule has 2 aromatic rings. The van der Waals surface area contributed by atoms with Crippen LogP contribution < -0.4 is 5.56 Å². The molecule has 0 aliphatic carbocycles. The summed E-state index contributed by atoms with van der Waals surface area (Å²) >= 11 is 5.87. The molecule has 0 aliphatic rings. The van der Waals surface area contributed by atoms with Crippen molar-refractivity contribution in [2.45, 2.75) is 19.8 Å². The maximum atomic E-state index is 11.8. The fraction of sp³-hybridized carbons (Fsp3) is 0.200. The molecule has 19 heavy (non-hydrogen) atoms. The van der Waals surface area contributed by atoms with E-state index < -0.39 is 0 Å². The maximum Gasteiger partial charge on any atom is 0.266 e. The fourth-order valence-electron chi connectivity index (χ4n) is 2.04. The second kappa shape index (κ2) is 5.29. The fourth-order valence-corrected chi connectivity index (χ4v) is 2.16. The highest BCUT2D eigenvalue weighted by molar-refractivity contribution is 6.30. The van der Waals surface area contributed by atoms with Gasteiger partial charge in [-0.3, -0.25) is 4.79 Å². The number of hydrogen-bond donors (Lipinski definition) is 1. The molecular weight excluding hydrogens is 260 g/mol. The van der Waals surface area contributed by atoms with Crippen LogP contribution in [0.2, 0.25) is 5.02 Å². The number of nitriles is 1. The van der Waals surface area contributed by atoms with E-state index in [9.17, 15) is 10.1 Å². The number of aromatic nitrogens is 1. The molecule has 1 aromatic carbocycles. The summed E-state index contributed by atoms with van der Waals surface area (Å²) in [5.41, 5.74) is 2.25. The molecule has 0 aliphatic heterocycles. The van der Waals surface area contributed by atoms with E-state index in [2.05, 4.69) is 4.98 Å². The lowest BCUT2D eigenvalue weighted by Gasteiger charge is -2.13. The quantitative estimate of drug-likeness (QED) is 0.906. The standard InChI is InChI=1S/C15H13ClN2O/c1-9(2)13-8-18-15(19)12(7-17)14(13)10-3-5-11(16)6-4-10/h3-6,8-9H,1-2H3,(H,18,19). The van der Waals surface area contributed by atoms with E-state index >= 15 is 0 Å². The highest BCUT2D eigenvalue weighted by atomic mass is 35.5.